The van der Waals surface area contributed by atoms with Gasteiger partial charge in [0.1, 0.15) is 0 Å². The van der Waals surface area contributed by atoms with Crippen molar-refractivity contribution in [1.82, 2.24) is 0 Å². The van der Waals surface area contributed by atoms with Crippen LogP contribution in [0.4, 0.5) is 4.72 Å². The molecule has 1 fully saturated rings. The molecule has 0 N–H and O–H groups in total. The van der Waals surface area contributed by atoms with Crippen molar-refractivity contribution < 1.29 is 23.4 Å². The normalized spacial score (nSPS) is 17.3. The van der Waals surface area contributed by atoms with Gasteiger partial charge in [-0.2, -0.15) is 0 Å². The first-order valence-corrected chi connectivity index (χ1v) is 4.80. The number of hydrogen-bond donors (Lipinski definition) is 0. The number of quaternary nitrogens is 1. The first-order chi connectivity index (χ1) is 7.66. The van der Waals surface area contributed by atoms with E-state index in [2.05, 4.69) is 21.0 Å². The Balaban J connectivity index is 0. The number of esters is 1. The Hall–Kier alpha value is -0.775. The standard InChI is InChI=1S/C9H18NO2.BO.FH/c1-10(6-3-4-7-10)8-5-9(11)12-2;1-2;/h3-8H2,1-2H3;;1H/q+1;;/i/hD. The van der Waals surface area contributed by atoms with Crippen LogP contribution in [-0.4, -0.2) is 53.4 Å². The molecule has 1 aliphatic rings. The van der Waals surface area contributed by atoms with Gasteiger partial charge in [-0.3, -0.25) is 9.51 Å². The maximum absolute atomic E-state index is 10.9. The summed E-state index contributed by atoms with van der Waals surface area (Å²) in [7, 11) is 6.92. The van der Waals surface area contributed by atoms with Crippen LogP contribution in [0.2, 0.25) is 0 Å². The van der Waals surface area contributed by atoms with Gasteiger partial charge in [0.15, 0.2) is 0 Å². The number of carbonyl (C=O) groups excluding carboxylic acids is 1. The Morgan fingerprint density at radius 2 is 1.93 bits per heavy atom. The summed E-state index contributed by atoms with van der Waals surface area (Å²) in [5, 5.41) is 0. The van der Waals surface area contributed by atoms with Gasteiger partial charge >= 0.3 is 18.4 Å². The number of likely N-dealkylation sites (tertiary alicyclic amines) is 1. The molecular formula is C9H19BFNO3+. The molecule has 1 saturated heterocycles. The summed E-state index contributed by atoms with van der Waals surface area (Å²) in [5.41, 5.74) is 0. The number of ether oxygens (including phenoxy) is 1. The summed E-state index contributed by atoms with van der Waals surface area (Å²) in [5.74, 6) is -0.0822. The minimum absolute atomic E-state index is 0.0822. The number of halogens is 1. The zero-order valence-electron chi connectivity index (χ0n) is 10.4. The van der Waals surface area contributed by atoms with Crippen LogP contribution in [0.25, 0.3) is 0 Å². The maximum atomic E-state index is 10.9. The molecule has 6 heteroatoms. The van der Waals surface area contributed by atoms with E-state index < -0.39 is 0 Å². The van der Waals surface area contributed by atoms with Gasteiger partial charge < -0.3 is 9.22 Å². The third kappa shape index (κ3) is 6.33. The predicted octanol–water partition coefficient (Wildman–Crippen LogP) is 0.443. The molecule has 0 unspecified atom stereocenters. The van der Waals surface area contributed by atoms with E-state index >= 15 is 0 Å². The molecule has 0 aromatic heterocycles. The van der Waals surface area contributed by atoms with E-state index in [1.807, 2.05) is 0 Å². The van der Waals surface area contributed by atoms with E-state index in [0.717, 1.165) is 11.0 Å². The van der Waals surface area contributed by atoms with E-state index in [9.17, 15) is 4.79 Å². The van der Waals surface area contributed by atoms with Crippen molar-refractivity contribution in [2.24, 2.45) is 0 Å². The molecule has 15 heavy (non-hydrogen) atoms. The molecule has 0 atom stereocenters. The molecule has 1 aliphatic heterocycles. The zero-order chi connectivity index (χ0) is 13.0. The summed E-state index contributed by atoms with van der Waals surface area (Å²) in [6.07, 6.45) is 3.17. The van der Waals surface area contributed by atoms with Crippen LogP contribution in [0, 0.1) is 0 Å². The molecule has 0 amide bonds. The number of methoxy groups -OCH3 is 1. The van der Waals surface area contributed by atoms with Crippen LogP contribution >= 0.6 is 0 Å². The van der Waals surface area contributed by atoms with Crippen LogP contribution < -0.4 is 0 Å². The van der Waals surface area contributed by atoms with Crippen molar-refractivity contribution in [3.63, 3.8) is 0 Å². The molecule has 1 radical (unpaired) electrons. The van der Waals surface area contributed by atoms with Crippen LogP contribution in [0.3, 0.4) is 0 Å². The van der Waals surface area contributed by atoms with Gasteiger partial charge in [-0.1, -0.05) is 0 Å². The molecule has 87 valence electrons. The molecule has 0 aromatic carbocycles. The Labute approximate surface area is 92.5 Å². The van der Waals surface area contributed by atoms with Crippen molar-refractivity contribution in [2.45, 2.75) is 19.3 Å². The first kappa shape index (κ1) is 14.2. The van der Waals surface area contributed by atoms with Crippen LogP contribution in [-0.2, 0) is 14.2 Å². The predicted molar refractivity (Wildman–Crippen MR) is 55.6 cm³/mol. The quantitative estimate of drug-likeness (QED) is 0.394. The topological polar surface area (TPSA) is 43.4 Å². The summed E-state index contributed by atoms with van der Waals surface area (Å²) < 4.78 is 26.4. The number of carbonyl (C=O) groups is 1. The fourth-order valence-electron chi connectivity index (χ4n) is 1.79. The van der Waals surface area contributed by atoms with Crippen molar-refractivity contribution >= 4 is 13.7 Å². The van der Waals surface area contributed by atoms with E-state index in [4.69, 9.17) is 9.42 Å². The van der Waals surface area contributed by atoms with E-state index in [1.165, 1.54) is 33.0 Å². The third-order valence-electron chi connectivity index (χ3n) is 2.73. The molecule has 4 nitrogen and oxygen atoms in total. The minimum atomic E-state index is -0.0822. The van der Waals surface area contributed by atoms with Crippen molar-refractivity contribution in [2.75, 3.05) is 33.8 Å². The van der Waals surface area contributed by atoms with Crippen molar-refractivity contribution in [3.05, 3.63) is 0 Å². The van der Waals surface area contributed by atoms with Crippen molar-refractivity contribution in [1.29, 1.82) is 1.45 Å². The molecule has 1 heterocycles. The van der Waals surface area contributed by atoms with Gasteiger partial charge in [0.25, 0.3) is 1.45 Å². The second-order valence-electron chi connectivity index (χ2n) is 3.82. The van der Waals surface area contributed by atoms with Gasteiger partial charge in [-0.25, -0.2) is 0 Å². The Morgan fingerprint density at radius 3 is 2.33 bits per heavy atom. The summed E-state index contributed by atoms with van der Waals surface area (Å²) in [6.45, 7) is 3.38. The summed E-state index contributed by atoms with van der Waals surface area (Å²) >= 11 is 0. The zero-order valence-corrected chi connectivity index (χ0v) is 9.37. The monoisotopic (exact) mass is 220 g/mol. The van der Waals surface area contributed by atoms with Crippen LogP contribution in [0.1, 0.15) is 19.3 Å². The molecule has 0 spiro atoms. The number of hydrogen-bond acceptors (Lipinski definition) is 3. The van der Waals surface area contributed by atoms with Gasteiger partial charge in [0, 0.05) is 12.8 Å². The van der Waals surface area contributed by atoms with Gasteiger partial charge in [0.05, 0.1) is 40.2 Å². The first-order valence-electron chi connectivity index (χ1n) is 5.18. The number of rotatable bonds is 3. The Kier molecular flexibility index (Phi) is 8.09. The summed E-state index contributed by atoms with van der Waals surface area (Å²) in [4.78, 5) is 10.9. The average molecular weight is 220 g/mol. The van der Waals surface area contributed by atoms with Gasteiger partial charge in [-0.05, 0) is 0 Å². The molecule has 0 aromatic rings. The van der Waals surface area contributed by atoms with Crippen molar-refractivity contribution in [3.8, 4) is 0 Å². The van der Waals surface area contributed by atoms with E-state index in [0.29, 0.717) is 6.42 Å². The molecule has 0 bridgehead atoms. The van der Waals surface area contributed by atoms with Gasteiger partial charge in [0.2, 0.25) is 0 Å². The summed E-state index contributed by atoms with van der Waals surface area (Å²) in [6, 6.07) is 0. The average Bonchev–Trinajstić information content (AvgIpc) is 2.79. The third-order valence-corrected chi connectivity index (χ3v) is 2.73. The fourth-order valence-corrected chi connectivity index (χ4v) is 1.79. The van der Waals surface area contributed by atoms with Gasteiger partial charge in [-0.15, -0.1) is 0 Å². The fraction of sp³-hybridized carbons (Fsp3) is 0.889. The Morgan fingerprint density at radius 1 is 1.47 bits per heavy atom. The molecule has 1 rings (SSSR count). The SMILES string of the molecule is COC(=O)CC[N+]1(C)CCCC1.[2H]F.[B]=O. The number of nitrogens with zero attached hydrogens (tertiary/aromatic N) is 1. The second kappa shape index (κ2) is 8.53. The molecule has 0 aliphatic carbocycles. The van der Waals surface area contributed by atoms with E-state index in [-0.39, 0.29) is 5.97 Å². The second-order valence-corrected chi connectivity index (χ2v) is 3.82. The Bertz CT molecular complexity index is 192. The molecule has 0 saturated carbocycles. The van der Waals surface area contributed by atoms with Crippen LogP contribution in [0.5, 0.6) is 0 Å². The van der Waals surface area contributed by atoms with E-state index in [1.54, 1.807) is 0 Å². The van der Waals surface area contributed by atoms with Crippen LogP contribution in [0.15, 0.2) is 0 Å². The molecular weight excluding hydrogens is 200 g/mol.